The van der Waals surface area contributed by atoms with Crippen LogP contribution in [0.25, 0.3) is 0 Å². The zero-order chi connectivity index (χ0) is 17.5. The normalized spacial score (nSPS) is 19.0. The minimum Gasteiger partial charge on any atom is -0.355 e. The first-order valence-electron chi connectivity index (χ1n) is 8.57. The highest BCUT2D eigenvalue weighted by molar-refractivity contribution is 8.00. The van der Waals surface area contributed by atoms with Gasteiger partial charge in [0.25, 0.3) is 0 Å². The summed E-state index contributed by atoms with van der Waals surface area (Å²) in [5, 5.41) is 12.7. The van der Waals surface area contributed by atoms with E-state index in [1.165, 1.54) is 18.6 Å². The molecule has 25 heavy (non-hydrogen) atoms. The smallest absolute Gasteiger partial charge is 0.191 e. The number of benzene rings is 1. The molecule has 2 heterocycles. The Bertz CT molecular complexity index is 665. The highest BCUT2D eigenvalue weighted by Crippen LogP contribution is 2.25. The third kappa shape index (κ3) is 5.16. The molecule has 0 amide bonds. The lowest BCUT2D eigenvalue weighted by molar-refractivity contribution is 0.510. The Labute approximate surface area is 158 Å². The molecule has 1 aromatic heterocycles. The topological polar surface area (TPSA) is 54.2 Å². The van der Waals surface area contributed by atoms with Crippen molar-refractivity contribution in [3.8, 4) is 0 Å². The molecule has 1 saturated heterocycles. The highest BCUT2D eigenvalue weighted by atomic mass is 35.5. The zero-order valence-electron chi connectivity index (χ0n) is 14.4. The summed E-state index contributed by atoms with van der Waals surface area (Å²) in [4.78, 5) is 4.34. The average Bonchev–Trinajstić information content (AvgIpc) is 3.33. The van der Waals surface area contributed by atoms with E-state index >= 15 is 0 Å². The van der Waals surface area contributed by atoms with E-state index in [-0.39, 0.29) is 6.04 Å². The van der Waals surface area contributed by atoms with E-state index in [0.717, 1.165) is 23.1 Å². The van der Waals surface area contributed by atoms with E-state index < -0.39 is 0 Å². The molecule has 2 aromatic rings. The lowest BCUT2D eigenvalue weighted by atomic mass is 10.1. The highest BCUT2D eigenvalue weighted by Gasteiger charge is 2.17. The van der Waals surface area contributed by atoms with Crippen molar-refractivity contribution < 1.29 is 0 Å². The van der Waals surface area contributed by atoms with Crippen molar-refractivity contribution >= 4 is 29.3 Å². The molecule has 0 radical (unpaired) electrons. The monoisotopic (exact) mass is 377 g/mol. The molecule has 7 heteroatoms. The molecule has 0 spiro atoms. The van der Waals surface area contributed by atoms with E-state index in [2.05, 4.69) is 20.7 Å². The lowest BCUT2D eigenvalue weighted by Gasteiger charge is -2.21. The van der Waals surface area contributed by atoms with Crippen LogP contribution in [0.4, 0.5) is 0 Å². The van der Waals surface area contributed by atoms with Gasteiger partial charge in [-0.05, 0) is 42.4 Å². The Morgan fingerprint density at radius 1 is 1.40 bits per heavy atom. The average molecular weight is 378 g/mol. The minimum atomic E-state index is 0.0756. The number of guanidine groups is 1. The van der Waals surface area contributed by atoms with Crippen LogP contribution in [0, 0.1) is 0 Å². The van der Waals surface area contributed by atoms with Crippen LogP contribution in [-0.2, 0) is 0 Å². The summed E-state index contributed by atoms with van der Waals surface area (Å²) in [7, 11) is 1.81. The molecular weight excluding hydrogens is 354 g/mol. The van der Waals surface area contributed by atoms with Gasteiger partial charge in [0, 0.05) is 42.8 Å². The van der Waals surface area contributed by atoms with E-state index in [0.29, 0.717) is 11.8 Å². The summed E-state index contributed by atoms with van der Waals surface area (Å²) >= 11 is 8.07. The molecule has 1 aliphatic heterocycles. The summed E-state index contributed by atoms with van der Waals surface area (Å²) in [5.41, 5.74) is 1.16. The summed E-state index contributed by atoms with van der Waals surface area (Å²) in [6, 6.07) is 9.93. The first-order chi connectivity index (χ1) is 12.3. The first-order valence-corrected chi connectivity index (χ1v) is 9.99. The SMILES string of the molecule is CN=C(NCC1CCCS1)NCC(c1ccc(Cl)cc1)n1cccn1. The molecule has 3 rings (SSSR count). The predicted molar refractivity (Wildman–Crippen MR) is 107 cm³/mol. The number of nitrogens with zero attached hydrogens (tertiary/aromatic N) is 3. The number of aliphatic imine (C=N–C) groups is 1. The van der Waals surface area contributed by atoms with Crippen LogP contribution >= 0.6 is 23.4 Å². The second-order valence-electron chi connectivity index (χ2n) is 6.02. The fraction of sp³-hybridized carbons (Fsp3) is 0.444. The molecule has 2 N–H and O–H groups in total. The van der Waals surface area contributed by atoms with Gasteiger partial charge >= 0.3 is 0 Å². The van der Waals surface area contributed by atoms with E-state index in [9.17, 15) is 0 Å². The Morgan fingerprint density at radius 3 is 2.88 bits per heavy atom. The fourth-order valence-electron chi connectivity index (χ4n) is 2.94. The van der Waals surface area contributed by atoms with Crippen LogP contribution in [-0.4, -0.2) is 46.9 Å². The van der Waals surface area contributed by atoms with Crippen molar-refractivity contribution in [1.29, 1.82) is 0 Å². The molecule has 1 fully saturated rings. The van der Waals surface area contributed by atoms with Crippen molar-refractivity contribution in [2.24, 2.45) is 4.99 Å². The van der Waals surface area contributed by atoms with Crippen LogP contribution in [0.15, 0.2) is 47.7 Å². The fourth-order valence-corrected chi connectivity index (χ4v) is 4.27. The molecule has 0 saturated carbocycles. The number of thioether (sulfide) groups is 1. The molecule has 2 atom stereocenters. The largest absolute Gasteiger partial charge is 0.355 e. The maximum Gasteiger partial charge on any atom is 0.191 e. The molecule has 5 nitrogen and oxygen atoms in total. The van der Waals surface area contributed by atoms with Crippen molar-refractivity contribution in [2.75, 3.05) is 25.9 Å². The van der Waals surface area contributed by atoms with Crippen LogP contribution in [0.5, 0.6) is 0 Å². The number of halogens is 1. The zero-order valence-corrected chi connectivity index (χ0v) is 15.9. The Hall–Kier alpha value is -1.66. The van der Waals surface area contributed by atoms with Crippen LogP contribution < -0.4 is 10.6 Å². The van der Waals surface area contributed by atoms with Gasteiger partial charge in [0.15, 0.2) is 5.96 Å². The Morgan fingerprint density at radius 2 is 2.24 bits per heavy atom. The van der Waals surface area contributed by atoms with Crippen molar-refractivity contribution in [1.82, 2.24) is 20.4 Å². The molecule has 0 aliphatic carbocycles. The maximum atomic E-state index is 6.03. The van der Waals surface area contributed by atoms with Crippen LogP contribution in [0.3, 0.4) is 0 Å². The maximum absolute atomic E-state index is 6.03. The molecular formula is C18H24ClN5S. The van der Waals surface area contributed by atoms with E-state index in [1.54, 1.807) is 6.20 Å². The van der Waals surface area contributed by atoms with Gasteiger partial charge in [0.2, 0.25) is 0 Å². The second-order valence-corrected chi connectivity index (χ2v) is 7.87. The number of aromatic nitrogens is 2. The summed E-state index contributed by atoms with van der Waals surface area (Å²) in [6.45, 7) is 1.65. The minimum absolute atomic E-state index is 0.0756. The number of nitrogens with one attached hydrogen (secondary N) is 2. The van der Waals surface area contributed by atoms with E-state index in [1.807, 2.05) is 60.0 Å². The second kappa shape index (κ2) is 9.15. The third-order valence-electron chi connectivity index (χ3n) is 4.31. The van der Waals surface area contributed by atoms with Gasteiger partial charge in [-0.25, -0.2) is 0 Å². The van der Waals surface area contributed by atoms with Gasteiger partial charge in [0.1, 0.15) is 0 Å². The number of rotatable bonds is 6. The van der Waals surface area contributed by atoms with Gasteiger partial charge in [0.05, 0.1) is 6.04 Å². The van der Waals surface area contributed by atoms with Gasteiger partial charge in [-0.2, -0.15) is 16.9 Å². The molecule has 2 unspecified atom stereocenters. The van der Waals surface area contributed by atoms with Gasteiger partial charge < -0.3 is 10.6 Å². The Kier molecular flexibility index (Phi) is 6.64. The third-order valence-corrected chi connectivity index (χ3v) is 5.96. The van der Waals surface area contributed by atoms with Crippen molar-refractivity contribution in [2.45, 2.75) is 24.1 Å². The molecule has 1 aliphatic rings. The van der Waals surface area contributed by atoms with Gasteiger partial charge in [-0.15, -0.1) is 0 Å². The van der Waals surface area contributed by atoms with Crippen LogP contribution in [0.2, 0.25) is 5.02 Å². The predicted octanol–water partition coefficient (Wildman–Crippen LogP) is 3.19. The summed E-state index contributed by atoms with van der Waals surface area (Å²) in [5.74, 6) is 2.11. The van der Waals surface area contributed by atoms with Crippen molar-refractivity contribution in [3.63, 3.8) is 0 Å². The molecule has 134 valence electrons. The summed E-state index contributed by atoms with van der Waals surface area (Å²) < 4.78 is 1.95. The molecule has 1 aromatic carbocycles. The van der Waals surface area contributed by atoms with Crippen molar-refractivity contribution in [3.05, 3.63) is 53.3 Å². The quantitative estimate of drug-likeness (QED) is 0.599. The molecule has 0 bridgehead atoms. The summed E-state index contributed by atoms with van der Waals surface area (Å²) in [6.07, 6.45) is 6.38. The Balaban J connectivity index is 1.62. The standard InChI is InChI=1S/C18H24ClN5S/c1-20-18(21-12-16-4-2-11-25-16)22-13-17(24-10-3-9-23-24)14-5-7-15(19)8-6-14/h3,5-10,16-17H,2,4,11-13H2,1H3,(H2,20,21,22). The number of hydrogen-bond acceptors (Lipinski definition) is 3. The van der Waals surface area contributed by atoms with Crippen LogP contribution in [0.1, 0.15) is 24.4 Å². The van der Waals surface area contributed by atoms with Gasteiger partial charge in [-0.1, -0.05) is 23.7 Å². The van der Waals surface area contributed by atoms with Gasteiger partial charge in [-0.3, -0.25) is 9.67 Å². The van der Waals surface area contributed by atoms with E-state index in [4.69, 9.17) is 11.6 Å². The lowest BCUT2D eigenvalue weighted by Crippen LogP contribution is -2.42. The first kappa shape index (κ1) is 18.1. The number of hydrogen-bond donors (Lipinski definition) is 2.